The van der Waals surface area contributed by atoms with Crippen LogP contribution in [0.1, 0.15) is 46.5 Å². The van der Waals surface area contributed by atoms with Gasteiger partial charge in [-0.15, -0.1) is 0 Å². The smallest absolute Gasteiger partial charge is 0.237 e. The molecule has 0 aliphatic carbocycles. The Balaban J connectivity index is 1.82. The Labute approximate surface area is 123 Å². The quantitative estimate of drug-likeness (QED) is 0.839. The van der Waals surface area contributed by atoms with Crippen molar-refractivity contribution in [2.24, 2.45) is 11.8 Å². The molecule has 3 unspecified atom stereocenters. The molecule has 1 amide bonds. The highest BCUT2D eigenvalue weighted by Gasteiger charge is 2.32. The zero-order valence-corrected chi connectivity index (χ0v) is 13.2. The molecule has 0 spiro atoms. The summed E-state index contributed by atoms with van der Waals surface area (Å²) < 4.78 is 5.79. The molecule has 4 heteroatoms. The second-order valence-electron chi connectivity index (χ2n) is 6.51. The van der Waals surface area contributed by atoms with Gasteiger partial charge in [-0.2, -0.15) is 0 Å². The molecule has 2 saturated heterocycles. The topological polar surface area (TPSA) is 41.6 Å². The van der Waals surface area contributed by atoms with E-state index in [0.29, 0.717) is 17.9 Å². The average Bonchev–Trinajstić information content (AvgIpc) is 2.93. The second kappa shape index (κ2) is 7.41. The zero-order valence-electron chi connectivity index (χ0n) is 13.2. The molecule has 20 heavy (non-hydrogen) atoms. The lowest BCUT2D eigenvalue weighted by atomic mass is 9.92. The molecule has 2 aliphatic heterocycles. The van der Waals surface area contributed by atoms with Crippen LogP contribution >= 0.6 is 0 Å². The van der Waals surface area contributed by atoms with Crippen molar-refractivity contribution in [3.8, 4) is 0 Å². The third-order valence-corrected chi connectivity index (χ3v) is 4.78. The van der Waals surface area contributed by atoms with E-state index in [9.17, 15) is 4.79 Å². The number of amides is 1. The molecule has 116 valence electrons. The minimum absolute atomic E-state index is 0.0913. The van der Waals surface area contributed by atoms with Gasteiger partial charge in [-0.3, -0.25) is 9.69 Å². The van der Waals surface area contributed by atoms with E-state index in [4.69, 9.17) is 4.74 Å². The van der Waals surface area contributed by atoms with Crippen LogP contribution in [0.3, 0.4) is 0 Å². The fourth-order valence-corrected chi connectivity index (χ4v) is 3.63. The monoisotopic (exact) mass is 282 g/mol. The lowest BCUT2D eigenvalue weighted by molar-refractivity contribution is -0.127. The highest BCUT2D eigenvalue weighted by molar-refractivity contribution is 5.81. The van der Waals surface area contributed by atoms with Crippen molar-refractivity contribution in [3.63, 3.8) is 0 Å². The molecule has 2 fully saturated rings. The first kappa shape index (κ1) is 15.8. The molecule has 2 aliphatic rings. The lowest BCUT2D eigenvalue weighted by Gasteiger charge is -2.34. The molecule has 0 radical (unpaired) electrons. The Morgan fingerprint density at radius 2 is 2.15 bits per heavy atom. The van der Waals surface area contributed by atoms with Crippen LogP contribution in [0.5, 0.6) is 0 Å². The van der Waals surface area contributed by atoms with E-state index in [0.717, 1.165) is 39.1 Å². The Bertz CT molecular complexity index is 320. The minimum atomic E-state index is 0.0913. The second-order valence-corrected chi connectivity index (χ2v) is 6.51. The molecular formula is C16H30N2O2. The van der Waals surface area contributed by atoms with Crippen LogP contribution in [0.25, 0.3) is 0 Å². The standard InChI is InChI=1S/C16H30N2O2/c1-4-18-9-6-5-7-14(18)16(19)17-11-13-8-10-20-15(13)12(2)3/h12-15H,4-11H2,1-3H3,(H,17,19). The first-order chi connectivity index (χ1) is 9.63. The van der Waals surface area contributed by atoms with Crippen molar-refractivity contribution in [2.45, 2.75) is 58.6 Å². The van der Waals surface area contributed by atoms with Crippen molar-refractivity contribution in [1.29, 1.82) is 0 Å². The van der Waals surface area contributed by atoms with E-state index in [1.54, 1.807) is 0 Å². The van der Waals surface area contributed by atoms with Gasteiger partial charge in [0.25, 0.3) is 0 Å². The summed E-state index contributed by atoms with van der Waals surface area (Å²) in [6, 6.07) is 0.0913. The van der Waals surface area contributed by atoms with E-state index in [-0.39, 0.29) is 11.9 Å². The number of nitrogens with one attached hydrogen (secondary N) is 1. The molecule has 0 saturated carbocycles. The van der Waals surface area contributed by atoms with E-state index in [1.165, 1.54) is 12.8 Å². The number of carbonyl (C=O) groups excluding carboxylic acids is 1. The number of hydrogen-bond acceptors (Lipinski definition) is 3. The van der Waals surface area contributed by atoms with Gasteiger partial charge in [0.2, 0.25) is 5.91 Å². The maximum Gasteiger partial charge on any atom is 0.237 e. The number of ether oxygens (including phenoxy) is 1. The van der Waals surface area contributed by atoms with Crippen molar-refractivity contribution >= 4 is 5.91 Å². The van der Waals surface area contributed by atoms with Gasteiger partial charge in [-0.25, -0.2) is 0 Å². The van der Waals surface area contributed by atoms with Crippen LogP contribution in [0.4, 0.5) is 0 Å². The maximum absolute atomic E-state index is 12.4. The molecule has 0 aromatic carbocycles. The number of carbonyl (C=O) groups is 1. The normalized spacial score (nSPS) is 31.7. The molecule has 0 aromatic rings. The lowest BCUT2D eigenvalue weighted by Crippen LogP contribution is -2.50. The summed E-state index contributed by atoms with van der Waals surface area (Å²) in [5.41, 5.74) is 0. The molecule has 1 N–H and O–H groups in total. The minimum Gasteiger partial charge on any atom is -0.378 e. The zero-order chi connectivity index (χ0) is 14.5. The highest BCUT2D eigenvalue weighted by Crippen LogP contribution is 2.26. The van der Waals surface area contributed by atoms with Gasteiger partial charge in [0, 0.05) is 19.1 Å². The molecule has 0 aromatic heterocycles. The Morgan fingerprint density at radius 1 is 1.35 bits per heavy atom. The molecule has 2 rings (SSSR count). The Kier molecular flexibility index (Phi) is 5.85. The first-order valence-electron chi connectivity index (χ1n) is 8.26. The van der Waals surface area contributed by atoms with Crippen LogP contribution in [-0.2, 0) is 9.53 Å². The Morgan fingerprint density at radius 3 is 2.85 bits per heavy atom. The van der Waals surface area contributed by atoms with Crippen molar-refractivity contribution in [1.82, 2.24) is 10.2 Å². The summed E-state index contributed by atoms with van der Waals surface area (Å²) in [5, 5.41) is 3.18. The number of likely N-dealkylation sites (tertiary alicyclic amines) is 1. The molecule has 2 heterocycles. The Hall–Kier alpha value is -0.610. The van der Waals surface area contributed by atoms with Crippen LogP contribution in [0.15, 0.2) is 0 Å². The fraction of sp³-hybridized carbons (Fsp3) is 0.938. The van der Waals surface area contributed by atoms with Gasteiger partial charge < -0.3 is 10.1 Å². The van der Waals surface area contributed by atoms with E-state index < -0.39 is 0 Å². The predicted molar refractivity (Wildman–Crippen MR) is 80.6 cm³/mol. The van der Waals surface area contributed by atoms with E-state index >= 15 is 0 Å². The summed E-state index contributed by atoms with van der Waals surface area (Å²) in [7, 11) is 0. The largest absolute Gasteiger partial charge is 0.378 e. The number of rotatable bonds is 5. The summed E-state index contributed by atoms with van der Waals surface area (Å²) in [6.45, 7) is 10.2. The van der Waals surface area contributed by atoms with Crippen molar-refractivity contribution < 1.29 is 9.53 Å². The van der Waals surface area contributed by atoms with Gasteiger partial charge in [0.15, 0.2) is 0 Å². The summed E-state index contributed by atoms with van der Waals surface area (Å²) in [6.07, 6.45) is 4.79. The van der Waals surface area contributed by atoms with Gasteiger partial charge in [-0.05, 0) is 38.3 Å². The maximum atomic E-state index is 12.4. The average molecular weight is 282 g/mol. The van der Waals surface area contributed by atoms with Crippen LogP contribution < -0.4 is 5.32 Å². The number of nitrogens with zero attached hydrogens (tertiary/aromatic N) is 1. The van der Waals surface area contributed by atoms with E-state index in [1.807, 2.05) is 0 Å². The third-order valence-electron chi connectivity index (χ3n) is 4.78. The summed E-state index contributed by atoms with van der Waals surface area (Å²) >= 11 is 0. The number of likely N-dealkylation sites (N-methyl/N-ethyl adjacent to an activating group) is 1. The molecule has 0 bridgehead atoms. The van der Waals surface area contributed by atoms with E-state index in [2.05, 4.69) is 31.0 Å². The number of hydrogen-bond donors (Lipinski definition) is 1. The van der Waals surface area contributed by atoms with Crippen LogP contribution in [-0.4, -0.2) is 49.2 Å². The van der Waals surface area contributed by atoms with Crippen molar-refractivity contribution in [3.05, 3.63) is 0 Å². The number of piperidine rings is 1. The summed E-state index contributed by atoms with van der Waals surface area (Å²) in [4.78, 5) is 14.7. The van der Waals surface area contributed by atoms with Crippen molar-refractivity contribution in [2.75, 3.05) is 26.2 Å². The predicted octanol–water partition coefficient (Wildman–Crippen LogP) is 2.04. The SMILES string of the molecule is CCN1CCCCC1C(=O)NCC1CCOC1C(C)C. The van der Waals surface area contributed by atoms with Crippen LogP contribution in [0.2, 0.25) is 0 Å². The van der Waals surface area contributed by atoms with Crippen LogP contribution in [0, 0.1) is 11.8 Å². The van der Waals surface area contributed by atoms with Gasteiger partial charge in [-0.1, -0.05) is 27.2 Å². The fourth-order valence-electron chi connectivity index (χ4n) is 3.63. The molecule has 4 nitrogen and oxygen atoms in total. The third kappa shape index (κ3) is 3.73. The van der Waals surface area contributed by atoms with Gasteiger partial charge in [0.05, 0.1) is 12.1 Å². The summed E-state index contributed by atoms with van der Waals surface area (Å²) in [5.74, 6) is 1.24. The highest BCUT2D eigenvalue weighted by atomic mass is 16.5. The van der Waals surface area contributed by atoms with Gasteiger partial charge >= 0.3 is 0 Å². The first-order valence-corrected chi connectivity index (χ1v) is 8.26. The van der Waals surface area contributed by atoms with Gasteiger partial charge in [0.1, 0.15) is 0 Å². The molecular weight excluding hydrogens is 252 g/mol. The molecule has 3 atom stereocenters.